The van der Waals surface area contributed by atoms with Crippen molar-refractivity contribution in [3.05, 3.63) is 76.1 Å². The largest absolute Gasteiger partial charge is 0.325 e. The Morgan fingerprint density at radius 3 is 2.40 bits per heavy atom. The second kappa shape index (κ2) is 8.97. The molecule has 7 heteroatoms. The van der Waals surface area contributed by atoms with Crippen LogP contribution < -0.4 is 10.9 Å². The van der Waals surface area contributed by atoms with Crippen molar-refractivity contribution in [3.63, 3.8) is 0 Å². The molecule has 1 heterocycles. The highest BCUT2D eigenvalue weighted by molar-refractivity contribution is 7.99. The van der Waals surface area contributed by atoms with Crippen LogP contribution >= 0.6 is 11.8 Å². The summed E-state index contributed by atoms with van der Waals surface area (Å²) < 4.78 is 0. The Morgan fingerprint density at radius 1 is 1.13 bits per heavy atom. The van der Waals surface area contributed by atoms with E-state index in [9.17, 15) is 14.9 Å². The van der Waals surface area contributed by atoms with Gasteiger partial charge in [-0.1, -0.05) is 75.0 Å². The molecule has 0 saturated carbocycles. The molecule has 3 aromatic rings. The van der Waals surface area contributed by atoms with Gasteiger partial charge in [0.25, 0.3) is 5.56 Å². The summed E-state index contributed by atoms with van der Waals surface area (Å²) in [7, 11) is 0. The first-order chi connectivity index (χ1) is 14.3. The normalized spacial score (nSPS) is 11.0. The summed E-state index contributed by atoms with van der Waals surface area (Å²) >= 11 is 1.11. The van der Waals surface area contributed by atoms with E-state index in [1.165, 1.54) is 0 Å². The lowest BCUT2D eigenvalue weighted by Gasteiger charge is -2.19. The molecule has 0 saturated heterocycles. The summed E-state index contributed by atoms with van der Waals surface area (Å²) in [5.74, 6) is -0.138. The molecule has 2 aromatic carbocycles. The van der Waals surface area contributed by atoms with Crippen LogP contribution in [0.4, 0.5) is 5.69 Å². The van der Waals surface area contributed by atoms with E-state index in [1.807, 2.05) is 48.5 Å². The summed E-state index contributed by atoms with van der Waals surface area (Å²) in [6, 6.07) is 18.7. The lowest BCUT2D eigenvalue weighted by Crippen LogP contribution is -2.17. The molecule has 30 heavy (non-hydrogen) atoms. The fourth-order valence-corrected chi connectivity index (χ4v) is 3.47. The molecule has 2 N–H and O–H groups in total. The SMILES string of the molecule is CC(C)(C)c1ccc(-c2nc(SCC(=O)Nc3ccccc3)[nH]c(=O)c2C#N)cc1. The number of carbonyl (C=O) groups excluding carboxylic acids is 1. The fourth-order valence-electron chi connectivity index (χ4n) is 2.81. The Balaban J connectivity index is 1.82. The van der Waals surface area contributed by atoms with E-state index in [2.05, 4.69) is 36.1 Å². The van der Waals surface area contributed by atoms with Crippen molar-refractivity contribution in [1.29, 1.82) is 5.26 Å². The topological polar surface area (TPSA) is 98.6 Å². The molecule has 0 fully saturated rings. The minimum atomic E-state index is -0.520. The first-order valence-electron chi connectivity index (χ1n) is 9.41. The maximum Gasteiger partial charge on any atom is 0.270 e. The minimum absolute atomic E-state index is 0.00863. The number of hydrogen-bond acceptors (Lipinski definition) is 5. The summed E-state index contributed by atoms with van der Waals surface area (Å²) in [5.41, 5.74) is 2.26. The zero-order valence-electron chi connectivity index (χ0n) is 17.0. The molecule has 0 atom stereocenters. The van der Waals surface area contributed by atoms with Crippen LogP contribution in [0, 0.1) is 11.3 Å². The van der Waals surface area contributed by atoms with Crippen LogP contribution in [-0.4, -0.2) is 21.6 Å². The smallest absolute Gasteiger partial charge is 0.270 e. The van der Waals surface area contributed by atoms with Crippen LogP contribution in [0.15, 0.2) is 64.5 Å². The third kappa shape index (κ3) is 5.16. The number of benzene rings is 2. The third-order valence-corrected chi connectivity index (χ3v) is 5.30. The van der Waals surface area contributed by atoms with Gasteiger partial charge in [0, 0.05) is 11.3 Å². The molecule has 0 aliphatic carbocycles. The minimum Gasteiger partial charge on any atom is -0.325 e. The van der Waals surface area contributed by atoms with Gasteiger partial charge >= 0.3 is 0 Å². The molecule has 152 valence electrons. The molecule has 0 aliphatic heterocycles. The van der Waals surface area contributed by atoms with E-state index in [0.29, 0.717) is 16.9 Å². The van der Waals surface area contributed by atoms with Gasteiger partial charge in [-0.2, -0.15) is 5.26 Å². The number of nitrogens with zero attached hydrogens (tertiary/aromatic N) is 2. The molecule has 1 amide bonds. The first kappa shape index (κ1) is 21.3. The van der Waals surface area contributed by atoms with Crippen LogP contribution in [0.1, 0.15) is 31.9 Å². The number of aromatic nitrogens is 2. The van der Waals surface area contributed by atoms with Gasteiger partial charge in [0.15, 0.2) is 5.16 Å². The predicted molar refractivity (Wildman–Crippen MR) is 120 cm³/mol. The molecule has 0 aliphatic rings. The van der Waals surface area contributed by atoms with E-state index >= 15 is 0 Å². The van der Waals surface area contributed by atoms with Crippen molar-refractivity contribution in [3.8, 4) is 17.3 Å². The van der Waals surface area contributed by atoms with Gasteiger partial charge < -0.3 is 10.3 Å². The second-order valence-corrected chi connectivity index (χ2v) is 8.70. The van der Waals surface area contributed by atoms with Crippen LogP contribution in [-0.2, 0) is 10.2 Å². The number of nitrogens with one attached hydrogen (secondary N) is 2. The average Bonchev–Trinajstić information content (AvgIpc) is 2.72. The summed E-state index contributed by atoms with van der Waals surface area (Å²) in [4.78, 5) is 31.6. The van der Waals surface area contributed by atoms with E-state index < -0.39 is 5.56 Å². The molecule has 3 rings (SSSR count). The van der Waals surface area contributed by atoms with E-state index in [-0.39, 0.29) is 27.8 Å². The number of hydrogen-bond donors (Lipinski definition) is 2. The number of anilines is 1. The van der Waals surface area contributed by atoms with Gasteiger partial charge in [0.2, 0.25) is 5.91 Å². The number of para-hydroxylation sites is 1. The van der Waals surface area contributed by atoms with E-state index in [4.69, 9.17) is 0 Å². The second-order valence-electron chi connectivity index (χ2n) is 7.74. The van der Waals surface area contributed by atoms with Gasteiger partial charge in [-0.15, -0.1) is 0 Å². The Morgan fingerprint density at radius 2 is 1.80 bits per heavy atom. The molecule has 0 radical (unpaired) electrons. The van der Waals surface area contributed by atoms with Crippen LogP contribution in [0.2, 0.25) is 0 Å². The fraction of sp³-hybridized carbons (Fsp3) is 0.217. The molecule has 0 unspecified atom stereocenters. The quantitative estimate of drug-likeness (QED) is 0.474. The molecule has 6 nitrogen and oxygen atoms in total. The average molecular weight is 419 g/mol. The monoisotopic (exact) mass is 418 g/mol. The van der Waals surface area contributed by atoms with Crippen molar-refractivity contribution in [2.45, 2.75) is 31.3 Å². The highest BCUT2D eigenvalue weighted by Gasteiger charge is 2.17. The number of rotatable bonds is 5. The van der Waals surface area contributed by atoms with E-state index in [1.54, 1.807) is 12.1 Å². The zero-order chi connectivity index (χ0) is 21.7. The molecular formula is C23H22N4O2S. The molecule has 0 bridgehead atoms. The van der Waals surface area contributed by atoms with Crippen LogP contribution in [0.25, 0.3) is 11.3 Å². The third-order valence-electron chi connectivity index (χ3n) is 4.43. The molecule has 1 aromatic heterocycles. The Kier molecular flexibility index (Phi) is 6.38. The van der Waals surface area contributed by atoms with Crippen molar-refractivity contribution >= 4 is 23.4 Å². The van der Waals surface area contributed by atoms with Gasteiger partial charge in [-0.05, 0) is 23.1 Å². The molecular weight excluding hydrogens is 396 g/mol. The summed E-state index contributed by atoms with van der Waals surface area (Å²) in [5, 5.41) is 12.5. The Hall–Kier alpha value is -3.37. The lowest BCUT2D eigenvalue weighted by atomic mass is 9.86. The predicted octanol–water partition coefficient (Wildman–Crippen LogP) is 4.34. The van der Waals surface area contributed by atoms with Gasteiger partial charge in [-0.25, -0.2) is 4.98 Å². The van der Waals surface area contributed by atoms with E-state index in [0.717, 1.165) is 17.3 Å². The number of carbonyl (C=O) groups is 1. The highest BCUT2D eigenvalue weighted by atomic mass is 32.2. The van der Waals surface area contributed by atoms with Gasteiger partial charge in [-0.3, -0.25) is 9.59 Å². The van der Waals surface area contributed by atoms with Crippen LogP contribution in [0.3, 0.4) is 0 Å². The molecule has 0 spiro atoms. The highest BCUT2D eigenvalue weighted by Crippen LogP contribution is 2.27. The number of aromatic amines is 1. The Labute approximate surface area is 179 Å². The zero-order valence-corrected chi connectivity index (χ0v) is 17.8. The summed E-state index contributed by atoms with van der Waals surface area (Å²) in [6.07, 6.45) is 0. The standard InChI is InChI=1S/C23H22N4O2S/c1-23(2,3)16-11-9-15(10-12-16)20-18(13-24)21(29)27-22(26-20)30-14-19(28)25-17-7-5-4-6-8-17/h4-12H,14H2,1-3H3,(H,25,28)(H,26,27,29). The van der Waals surface area contributed by atoms with Crippen molar-refractivity contribution in [2.75, 3.05) is 11.1 Å². The van der Waals surface area contributed by atoms with Gasteiger partial charge in [0.1, 0.15) is 11.6 Å². The van der Waals surface area contributed by atoms with Crippen molar-refractivity contribution < 1.29 is 4.79 Å². The first-order valence-corrected chi connectivity index (χ1v) is 10.4. The number of thioether (sulfide) groups is 1. The van der Waals surface area contributed by atoms with Crippen molar-refractivity contribution in [1.82, 2.24) is 9.97 Å². The number of amides is 1. The van der Waals surface area contributed by atoms with Gasteiger partial charge in [0.05, 0.1) is 11.4 Å². The maximum absolute atomic E-state index is 12.4. The number of H-pyrrole nitrogens is 1. The lowest BCUT2D eigenvalue weighted by molar-refractivity contribution is -0.113. The maximum atomic E-state index is 12.4. The Bertz CT molecular complexity index is 1140. The van der Waals surface area contributed by atoms with Crippen molar-refractivity contribution in [2.24, 2.45) is 0 Å². The number of nitriles is 1. The van der Waals surface area contributed by atoms with Crippen LogP contribution in [0.5, 0.6) is 0 Å². The summed E-state index contributed by atoms with van der Waals surface area (Å²) in [6.45, 7) is 6.34.